The van der Waals surface area contributed by atoms with Crippen molar-refractivity contribution in [1.82, 2.24) is 9.55 Å². The molecule has 3 nitrogen and oxygen atoms in total. The lowest BCUT2D eigenvalue weighted by Gasteiger charge is -2.25. The van der Waals surface area contributed by atoms with E-state index in [1.54, 1.807) is 0 Å². The van der Waals surface area contributed by atoms with Crippen molar-refractivity contribution in [3.05, 3.63) is 11.9 Å². The van der Waals surface area contributed by atoms with E-state index < -0.39 is 0 Å². The lowest BCUT2D eigenvalue weighted by atomic mass is 9.83. The number of aryl methyl sites for hydroxylation is 1. The second kappa shape index (κ2) is 5.33. The summed E-state index contributed by atoms with van der Waals surface area (Å²) >= 11 is 0. The molecular weight excluding hydrogens is 222 g/mol. The van der Waals surface area contributed by atoms with Crippen molar-refractivity contribution in [2.45, 2.75) is 64.3 Å². The quantitative estimate of drug-likeness (QED) is 0.855. The van der Waals surface area contributed by atoms with Gasteiger partial charge in [-0.3, -0.25) is 0 Å². The zero-order valence-corrected chi connectivity index (χ0v) is 11.5. The highest BCUT2D eigenvalue weighted by Gasteiger charge is 2.21. The lowest BCUT2D eigenvalue weighted by Crippen LogP contribution is -2.17. The number of hydrogen-bond donors (Lipinski definition) is 1. The van der Waals surface area contributed by atoms with Crippen LogP contribution in [0.25, 0.3) is 0 Å². The van der Waals surface area contributed by atoms with Crippen LogP contribution >= 0.6 is 0 Å². The third-order valence-electron chi connectivity index (χ3n) is 4.63. The first kappa shape index (κ1) is 12.1. The molecule has 0 atom stereocenters. The average Bonchev–Trinajstić information content (AvgIpc) is 2.90. The van der Waals surface area contributed by atoms with Crippen molar-refractivity contribution in [2.24, 2.45) is 5.92 Å². The van der Waals surface area contributed by atoms with Gasteiger partial charge < -0.3 is 9.88 Å². The molecule has 2 aliphatic carbocycles. The van der Waals surface area contributed by atoms with Crippen LogP contribution in [0.4, 0.5) is 5.95 Å². The molecule has 0 aromatic carbocycles. The summed E-state index contributed by atoms with van der Waals surface area (Å²) in [5.74, 6) is 2.09. The van der Waals surface area contributed by atoms with E-state index >= 15 is 0 Å². The highest BCUT2D eigenvalue weighted by molar-refractivity contribution is 5.29. The molecule has 0 radical (unpaired) electrons. The average molecular weight is 247 g/mol. The maximum Gasteiger partial charge on any atom is 0.203 e. The Morgan fingerprint density at radius 3 is 2.67 bits per heavy atom. The summed E-state index contributed by atoms with van der Waals surface area (Å²) in [6.45, 7) is 3.19. The van der Waals surface area contributed by atoms with E-state index in [2.05, 4.69) is 28.0 Å². The Morgan fingerprint density at radius 1 is 1.22 bits per heavy atom. The summed E-state index contributed by atoms with van der Waals surface area (Å²) in [7, 11) is 0. The molecule has 3 rings (SSSR count). The van der Waals surface area contributed by atoms with Crippen molar-refractivity contribution in [2.75, 3.05) is 11.9 Å². The summed E-state index contributed by atoms with van der Waals surface area (Å²) in [6.07, 6.45) is 13.3. The zero-order valence-electron chi connectivity index (χ0n) is 11.5. The van der Waals surface area contributed by atoms with Crippen molar-refractivity contribution in [3.8, 4) is 0 Å². The molecular formula is C15H25N3. The summed E-state index contributed by atoms with van der Waals surface area (Å²) < 4.78 is 2.39. The van der Waals surface area contributed by atoms with Crippen molar-refractivity contribution >= 4 is 5.95 Å². The van der Waals surface area contributed by atoms with Gasteiger partial charge in [-0.05, 0) is 32.1 Å². The predicted octanol–water partition coefficient (Wildman–Crippen LogP) is 3.91. The Kier molecular flexibility index (Phi) is 3.57. The van der Waals surface area contributed by atoms with Gasteiger partial charge in [-0.2, -0.15) is 0 Å². The van der Waals surface area contributed by atoms with Gasteiger partial charge in [0.1, 0.15) is 0 Å². The molecule has 0 unspecified atom stereocenters. The fourth-order valence-electron chi connectivity index (χ4n) is 3.28. The van der Waals surface area contributed by atoms with E-state index in [4.69, 9.17) is 0 Å². The molecule has 0 aliphatic heterocycles. The predicted molar refractivity (Wildman–Crippen MR) is 74.9 cm³/mol. The Balaban J connectivity index is 1.59. The van der Waals surface area contributed by atoms with Gasteiger partial charge in [0.15, 0.2) is 0 Å². The standard InChI is InChI=1S/C15H25N3/c1-12-11-18(14-7-2-3-8-14)15(17-12)16-10-9-13-5-4-6-13/h11,13-14H,2-10H2,1H3,(H,16,17). The molecule has 100 valence electrons. The van der Waals surface area contributed by atoms with Gasteiger partial charge in [0, 0.05) is 18.8 Å². The van der Waals surface area contributed by atoms with E-state index in [-0.39, 0.29) is 0 Å². The fourth-order valence-corrected chi connectivity index (χ4v) is 3.28. The molecule has 3 heteroatoms. The van der Waals surface area contributed by atoms with Gasteiger partial charge in [-0.1, -0.05) is 32.1 Å². The monoisotopic (exact) mass is 247 g/mol. The van der Waals surface area contributed by atoms with Crippen molar-refractivity contribution in [1.29, 1.82) is 0 Å². The van der Waals surface area contributed by atoms with E-state index in [0.717, 1.165) is 24.1 Å². The van der Waals surface area contributed by atoms with Crippen LogP contribution < -0.4 is 5.32 Å². The Morgan fingerprint density at radius 2 is 2.00 bits per heavy atom. The fraction of sp³-hybridized carbons (Fsp3) is 0.800. The van der Waals surface area contributed by atoms with Gasteiger partial charge in [-0.15, -0.1) is 0 Å². The van der Waals surface area contributed by atoms with Gasteiger partial charge in [-0.25, -0.2) is 4.98 Å². The minimum absolute atomic E-state index is 0.692. The molecule has 1 heterocycles. The number of hydrogen-bond acceptors (Lipinski definition) is 2. The third kappa shape index (κ3) is 2.55. The minimum Gasteiger partial charge on any atom is -0.356 e. The Hall–Kier alpha value is -0.990. The zero-order chi connectivity index (χ0) is 12.4. The van der Waals surface area contributed by atoms with Crippen LogP contribution in [0.3, 0.4) is 0 Å². The molecule has 1 N–H and O–H groups in total. The first-order valence-corrected chi connectivity index (χ1v) is 7.62. The maximum absolute atomic E-state index is 4.65. The molecule has 1 aromatic heterocycles. The molecule has 0 spiro atoms. The summed E-state index contributed by atoms with van der Waals surface area (Å²) in [5.41, 5.74) is 1.15. The van der Waals surface area contributed by atoms with Crippen LogP contribution in [-0.2, 0) is 0 Å². The largest absolute Gasteiger partial charge is 0.356 e. The van der Waals surface area contributed by atoms with Crippen LogP contribution in [0, 0.1) is 12.8 Å². The van der Waals surface area contributed by atoms with Gasteiger partial charge in [0.25, 0.3) is 0 Å². The van der Waals surface area contributed by atoms with E-state index in [1.165, 1.54) is 51.4 Å². The molecule has 1 aromatic rings. The second-order valence-corrected chi connectivity index (χ2v) is 6.06. The maximum atomic E-state index is 4.65. The van der Waals surface area contributed by atoms with Crippen LogP contribution in [0.5, 0.6) is 0 Å². The first-order valence-electron chi connectivity index (χ1n) is 7.62. The molecule has 18 heavy (non-hydrogen) atoms. The topological polar surface area (TPSA) is 29.9 Å². The second-order valence-electron chi connectivity index (χ2n) is 6.06. The number of anilines is 1. The molecule has 2 saturated carbocycles. The normalized spacial score (nSPS) is 21.2. The van der Waals surface area contributed by atoms with Crippen LogP contribution in [0.1, 0.15) is 63.1 Å². The van der Waals surface area contributed by atoms with Crippen molar-refractivity contribution in [3.63, 3.8) is 0 Å². The third-order valence-corrected chi connectivity index (χ3v) is 4.63. The summed E-state index contributed by atoms with van der Waals surface area (Å²) in [4.78, 5) is 4.65. The summed E-state index contributed by atoms with van der Waals surface area (Å²) in [5, 5.41) is 3.56. The smallest absolute Gasteiger partial charge is 0.203 e. The van der Waals surface area contributed by atoms with E-state index in [1.807, 2.05) is 0 Å². The lowest BCUT2D eigenvalue weighted by molar-refractivity contribution is 0.302. The Bertz CT molecular complexity index is 386. The number of imidazole rings is 1. The Labute approximate surface area is 110 Å². The molecule has 0 amide bonds. The SMILES string of the molecule is Cc1cn(C2CCCC2)c(NCCC2CCC2)n1. The number of nitrogens with zero attached hydrogens (tertiary/aromatic N) is 2. The van der Waals surface area contributed by atoms with E-state index in [9.17, 15) is 0 Å². The van der Waals surface area contributed by atoms with Gasteiger partial charge in [0.05, 0.1) is 5.69 Å². The molecule has 2 fully saturated rings. The van der Waals surface area contributed by atoms with Gasteiger partial charge >= 0.3 is 0 Å². The molecule has 2 aliphatic rings. The minimum atomic E-state index is 0.692. The van der Waals surface area contributed by atoms with Crippen LogP contribution in [0.2, 0.25) is 0 Å². The summed E-state index contributed by atoms with van der Waals surface area (Å²) in [6, 6.07) is 0.692. The molecule has 0 bridgehead atoms. The molecule has 0 saturated heterocycles. The highest BCUT2D eigenvalue weighted by Crippen LogP contribution is 2.32. The number of aromatic nitrogens is 2. The first-order chi connectivity index (χ1) is 8.83. The van der Waals surface area contributed by atoms with E-state index in [0.29, 0.717) is 6.04 Å². The van der Waals surface area contributed by atoms with Crippen LogP contribution in [-0.4, -0.2) is 16.1 Å². The van der Waals surface area contributed by atoms with Gasteiger partial charge in [0.2, 0.25) is 5.95 Å². The highest BCUT2D eigenvalue weighted by atomic mass is 15.2. The van der Waals surface area contributed by atoms with Crippen molar-refractivity contribution < 1.29 is 0 Å². The number of rotatable bonds is 5. The number of nitrogens with one attached hydrogen (secondary N) is 1. The van der Waals surface area contributed by atoms with Crippen LogP contribution in [0.15, 0.2) is 6.20 Å².